The van der Waals surface area contributed by atoms with Crippen molar-refractivity contribution in [2.24, 2.45) is 0 Å². The van der Waals surface area contributed by atoms with Crippen LogP contribution in [-0.4, -0.2) is 20.7 Å². The Hall–Kier alpha value is -2.14. The molecule has 0 amide bonds. The molecule has 2 rings (SSSR count). The lowest BCUT2D eigenvalue weighted by Crippen LogP contribution is -2.19. The topological polar surface area (TPSA) is 79.5 Å². The number of aromatic carboxylic acids is 1. The standard InChI is InChI=1S/C14H15NO4/c1-3-9-5-10-12(4-8(9)2)15(7-16)6-11(13(10)17)14(18)19/h4-6,16H,3,7H2,1-2H3,(H,18,19). The van der Waals surface area contributed by atoms with E-state index < -0.39 is 11.4 Å². The van der Waals surface area contributed by atoms with E-state index in [0.717, 1.165) is 17.5 Å². The fraction of sp³-hybridized carbons (Fsp3) is 0.286. The maximum Gasteiger partial charge on any atom is 0.341 e. The summed E-state index contributed by atoms with van der Waals surface area (Å²) in [5.74, 6) is -1.28. The van der Waals surface area contributed by atoms with E-state index in [1.165, 1.54) is 10.8 Å². The summed E-state index contributed by atoms with van der Waals surface area (Å²) in [6, 6.07) is 3.52. The molecule has 100 valence electrons. The number of carboxylic acids is 1. The van der Waals surface area contributed by atoms with Crippen molar-refractivity contribution in [3.05, 3.63) is 45.2 Å². The smallest absolute Gasteiger partial charge is 0.341 e. The van der Waals surface area contributed by atoms with E-state index in [-0.39, 0.29) is 12.3 Å². The number of carbonyl (C=O) groups is 1. The van der Waals surface area contributed by atoms with Crippen LogP contribution in [0.4, 0.5) is 0 Å². The van der Waals surface area contributed by atoms with Gasteiger partial charge in [0.1, 0.15) is 12.3 Å². The zero-order chi connectivity index (χ0) is 14.2. The molecule has 0 spiro atoms. The molecule has 0 saturated carbocycles. The molecule has 0 aliphatic rings. The largest absolute Gasteiger partial charge is 0.477 e. The highest BCUT2D eigenvalue weighted by Gasteiger charge is 2.15. The van der Waals surface area contributed by atoms with Crippen molar-refractivity contribution < 1.29 is 15.0 Å². The summed E-state index contributed by atoms with van der Waals surface area (Å²) in [6.07, 6.45) is 1.94. The van der Waals surface area contributed by atoms with Gasteiger partial charge in [0.25, 0.3) is 0 Å². The summed E-state index contributed by atoms with van der Waals surface area (Å²) in [5, 5.41) is 18.7. The maximum absolute atomic E-state index is 12.1. The van der Waals surface area contributed by atoms with E-state index in [0.29, 0.717) is 10.9 Å². The van der Waals surface area contributed by atoms with Crippen LogP contribution in [0.1, 0.15) is 28.4 Å². The van der Waals surface area contributed by atoms with Gasteiger partial charge in [-0.1, -0.05) is 6.92 Å². The van der Waals surface area contributed by atoms with Crippen LogP contribution in [-0.2, 0) is 13.2 Å². The molecule has 1 aromatic heterocycles. The van der Waals surface area contributed by atoms with Crippen LogP contribution in [0.2, 0.25) is 0 Å². The lowest BCUT2D eigenvalue weighted by Gasteiger charge is -2.12. The third kappa shape index (κ3) is 2.13. The Morgan fingerprint density at radius 1 is 1.37 bits per heavy atom. The molecular formula is C14H15NO4. The van der Waals surface area contributed by atoms with Crippen LogP contribution in [0.5, 0.6) is 0 Å². The van der Waals surface area contributed by atoms with Gasteiger partial charge in [0, 0.05) is 11.6 Å². The number of rotatable bonds is 3. The van der Waals surface area contributed by atoms with Crippen molar-refractivity contribution in [2.75, 3.05) is 0 Å². The van der Waals surface area contributed by atoms with Gasteiger partial charge in [0.15, 0.2) is 0 Å². The molecule has 2 N–H and O–H groups in total. The third-order valence-corrected chi connectivity index (χ3v) is 3.30. The van der Waals surface area contributed by atoms with Gasteiger partial charge in [0.2, 0.25) is 5.43 Å². The number of pyridine rings is 1. The number of aryl methyl sites for hydroxylation is 2. The number of aliphatic hydroxyl groups is 1. The Balaban J connectivity index is 2.95. The Morgan fingerprint density at radius 3 is 2.58 bits per heavy atom. The lowest BCUT2D eigenvalue weighted by molar-refractivity contribution is 0.0694. The molecule has 0 fully saturated rings. The molecule has 5 heteroatoms. The third-order valence-electron chi connectivity index (χ3n) is 3.30. The highest BCUT2D eigenvalue weighted by atomic mass is 16.4. The first-order valence-electron chi connectivity index (χ1n) is 6.00. The number of carboxylic acid groups (broad SMARTS) is 1. The van der Waals surface area contributed by atoms with Gasteiger partial charge in [-0.2, -0.15) is 0 Å². The second kappa shape index (κ2) is 4.85. The van der Waals surface area contributed by atoms with Crippen LogP contribution in [0.25, 0.3) is 10.9 Å². The van der Waals surface area contributed by atoms with E-state index >= 15 is 0 Å². The number of aliphatic hydroxyl groups excluding tert-OH is 1. The number of aromatic nitrogens is 1. The Kier molecular flexibility index (Phi) is 3.40. The summed E-state index contributed by atoms with van der Waals surface area (Å²) in [5.41, 5.74) is 1.72. The molecule has 0 aliphatic heterocycles. The van der Waals surface area contributed by atoms with Crippen molar-refractivity contribution in [3.63, 3.8) is 0 Å². The van der Waals surface area contributed by atoms with E-state index in [9.17, 15) is 14.7 Å². The minimum Gasteiger partial charge on any atom is -0.477 e. The summed E-state index contributed by atoms with van der Waals surface area (Å²) < 4.78 is 1.37. The van der Waals surface area contributed by atoms with E-state index in [1.54, 1.807) is 12.1 Å². The molecular weight excluding hydrogens is 246 g/mol. The van der Waals surface area contributed by atoms with Crippen LogP contribution < -0.4 is 5.43 Å². The number of fused-ring (bicyclic) bond motifs is 1. The van der Waals surface area contributed by atoms with Crippen molar-refractivity contribution in [1.29, 1.82) is 0 Å². The molecule has 0 unspecified atom stereocenters. The Morgan fingerprint density at radius 2 is 2.05 bits per heavy atom. The summed E-state index contributed by atoms with van der Waals surface area (Å²) in [4.78, 5) is 23.2. The van der Waals surface area contributed by atoms with Gasteiger partial charge in [-0.3, -0.25) is 4.79 Å². The monoisotopic (exact) mass is 261 g/mol. The maximum atomic E-state index is 12.1. The van der Waals surface area contributed by atoms with Crippen LogP contribution in [0.3, 0.4) is 0 Å². The molecule has 1 heterocycles. The molecule has 0 bridgehead atoms. The summed E-state index contributed by atoms with van der Waals surface area (Å²) in [7, 11) is 0. The number of hydrogen-bond donors (Lipinski definition) is 2. The van der Waals surface area contributed by atoms with Gasteiger partial charge >= 0.3 is 5.97 Å². The molecule has 2 aromatic rings. The zero-order valence-corrected chi connectivity index (χ0v) is 10.8. The Bertz CT molecular complexity index is 715. The number of nitrogens with zero attached hydrogens (tertiary/aromatic N) is 1. The van der Waals surface area contributed by atoms with Crippen molar-refractivity contribution in [3.8, 4) is 0 Å². The first-order chi connectivity index (χ1) is 8.99. The van der Waals surface area contributed by atoms with Crippen molar-refractivity contribution in [1.82, 2.24) is 4.57 Å². The van der Waals surface area contributed by atoms with Crippen LogP contribution in [0, 0.1) is 6.92 Å². The first-order valence-corrected chi connectivity index (χ1v) is 6.00. The van der Waals surface area contributed by atoms with Gasteiger partial charge in [-0.15, -0.1) is 0 Å². The minimum atomic E-state index is -1.28. The Labute approximate surface area is 109 Å². The highest BCUT2D eigenvalue weighted by molar-refractivity contribution is 5.93. The average molecular weight is 261 g/mol. The molecule has 0 atom stereocenters. The van der Waals surface area contributed by atoms with Gasteiger partial charge in [-0.05, 0) is 36.6 Å². The lowest BCUT2D eigenvalue weighted by atomic mass is 10.0. The number of hydrogen-bond acceptors (Lipinski definition) is 3. The number of benzene rings is 1. The summed E-state index contributed by atoms with van der Waals surface area (Å²) >= 11 is 0. The molecule has 0 radical (unpaired) electrons. The van der Waals surface area contributed by atoms with Crippen molar-refractivity contribution in [2.45, 2.75) is 27.0 Å². The first kappa shape index (κ1) is 13.3. The van der Waals surface area contributed by atoms with E-state index in [2.05, 4.69) is 0 Å². The van der Waals surface area contributed by atoms with Gasteiger partial charge in [0.05, 0.1) is 5.52 Å². The van der Waals surface area contributed by atoms with E-state index in [4.69, 9.17) is 5.11 Å². The van der Waals surface area contributed by atoms with Gasteiger partial charge < -0.3 is 14.8 Å². The zero-order valence-electron chi connectivity index (χ0n) is 10.8. The summed E-state index contributed by atoms with van der Waals surface area (Å²) in [6.45, 7) is 3.53. The minimum absolute atomic E-state index is 0.326. The molecule has 19 heavy (non-hydrogen) atoms. The second-order valence-electron chi connectivity index (χ2n) is 4.44. The molecule has 1 aromatic carbocycles. The predicted octanol–water partition coefficient (Wildman–Crippen LogP) is 1.52. The van der Waals surface area contributed by atoms with Crippen molar-refractivity contribution >= 4 is 16.9 Å². The quantitative estimate of drug-likeness (QED) is 0.878. The normalized spacial score (nSPS) is 10.9. The highest BCUT2D eigenvalue weighted by Crippen LogP contribution is 2.18. The molecule has 0 saturated heterocycles. The fourth-order valence-corrected chi connectivity index (χ4v) is 2.24. The van der Waals surface area contributed by atoms with Crippen LogP contribution >= 0.6 is 0 Å². The molecule has 0 aliphatic carbocycles. The average Bonchev–Trinajstić information content (AvgIpc) is 2.38. The van der Waals surface area contributed by atoms with Crippen LogP contribution in [0.15, 0.2) is 23.1 Å². The SMILES string of the molecule is CCc1cc2c(=O)c(C(=O)O)cn(CO)c2cc1C. The molecule has 5 nitrogen and oxygen atoms in total. The second-order valence-corrected chi connectivity index (χ2v) is 4.44. The van der Waals surface area contributed by atoms with E-state index in [1.807, 2.05) is 13.8 Å². The predicted molar refractivity (Wildman–Crippen MR) is 71.5 cm³/mol. The van der Waals surface area contributed by atoms with Gasteiger partial charge in [-0.25, -0.2) is 4.79 Å². The fourth-order valence-electron chi connectivity index (χ4n) is 2.24.